The maximum absolute atomic E-state index is 12.8. The first-order chi connectivity index (χ1) is 8.39. The zero-order valence-corrected chi connectivity index (χ0v) is 9.75. The van der Waals surface area contributed by atoms with Gasteiger partial charge >= 0.3 is 6.18 Å². The van der Waals surface area contributed by atoms with E-state index in [1.165, 1.54) is 6.07 Å². The van der Waals surface area contributed by atoms with Crippen LogP contribution in [0.5, 0.6) is 0 Å². The summed E-state index contributed by atoms with van der Waals surface area (Å²) in [4.78, 5) is 0. The number of aryl methyl sites for hydroxylation is 1. The van der Waals surface area contributed by atoms with Crippen LogP contribution in [-0.4, -0.2) is 0 Å². The second-order valence-electron chi connectivity index (χ2n) is 4.11. The van der Waals surface area contributed by atoms with Crippen LogP contribution in [0.15, 0.2) is 42.5 Å². The lowest BCUT2D eigenvalue weighted by Crippen LogP contribution is -2.09. The summed E-state index contributed by atoms with van der Waals surface area (Å²) in [7, 11) is 0. The van der Waals surface area contributed by atoms with E-state index in [-0.39, 0.29) is 5.69 Å². The molecule has 2 rings (SSSR count). The van der Waals surface area contributed by atoms with Gasteiger partial charge in [-0.05, 0) is 35.7 Å². The van der Waals surface area contributed by atoms with Crippen molar-refractivity contribution in [3.05, 3.63) is 53.6 Å². The Morgan fingerprint density at radius 2 is 1.67 bits per heavy atom. The molecule has 0 aliphatic carbocycles. The van der Waals surface area contributed by atoms with Gasteiger partial charge in [0, 0.05) is 5.69 Å². The van der Waals surface area contributed by atoms with Crippen LogP contribution in [0.25, 0.3) is 11.1 Å². The van der Waals surface area contributed by atoms with Crippen molar-refractivity contribution in [2.24, 2.45) is 0 Å². The Morgan fingerprint density at radius 1 is 1.00 bits per heavy atom. The molecule has 0 radical (unpaired) electrons. The third-order valence-corrected chi connectivity index (χ3v) is 2.81. The average molecular weight is 251 g/mol. The predicted octanol–water partition coefficient (Wildman–Crippen LogP) is 4.26. The van der Waals surface area contributed by atoms with Gasteiger partial charge in [-0.3, -0.25) is 0 Å². The van der Waals surface area contributed by atoms with Gasteiger partial charge < -0.3 is 5.73 Å². The van der Waals surface area contributed by atoms with E-state index < -0.39 is 11.7 Å². The van der Waals surface area contributed by atoms with Gasteiger partial charge in [0.15, 0.2) is 0 Å². The molecule has 0 aliphatic heterocycles. The second kappa shape index (κ2) is 4.37. The summed E-state index contributed by atoms with van der Waals surface area (Å²) in [5.74, 6) is 0. The third-order valence-electron chi connectivity index (χ3n) is 2.81. The lowest BCUT2D eigenvalue weighted by molar-refractivity contribution is -0.136. The number of nitrogens with two attached hydrogens (primary N) is 1. The van der Waals surface area contributed by atoms with E-state index in [9.17, 15) is 13.2 Å². The number of hydrogen-bond donors (Lipinski definition) is 1. The van der Waals surface area contributed by atoms with E-state index in [1.54, 1.807) is 18.2 Å². The van der Waals surface area contributed by atoms with Gasteiger partial charge in [0.1, 0.15) is 0 Å². The Kier molecular flexibility index (Phi) is 3.03. The first-order valence-corrected chi connectivity index (χ1v) is 5.42. The Labute approximate surface area is 103 Å². The Balaban J connectivity index is 2.58. The van der Waals surface area contributed by atoms with Gasteiger partial charge in [-0.2, -0.15) is 13.2 Å². The highest BCUT2D eigenvalue weighted by molar-refractivity contribution is 5.70. The first kappa shape index (κ1) is 12.5. The fraction of sp³-hybridized carbons (Fsp3) is 0.143. The molecule has 2 aromatic rings. The Bertz CT molecular complexity index is 573. The molecule has 0 aliphatic rings. The molecule has 0 aromatic heterocycles. The molecule has 0 atom stereocenters. The van der Waals surface area contributed by atoms with E-state index in [2.05, 4.69) is 0 Å². The molecule has 2 aromatic carbocycles. The predicted molar refractivity (Wildman–Crippen MR) is 66.0 cm³/mol. The van der Waals surface area contributed by atoms with Crippen LogP contribution in [0.3, 0.4) is 0 Å². The van der Waals surface area contributed by atoms with E-state index >= 15 is 0 Å². The third kappa shape index (κ3) is 2.32. The number of anilines is 1. The largest absolute Gasteiger partial charge is 0.418 e. The minimum absolute atomic E-state index is 0.250. The maximum Gasteiger partial charge on any atom is 0.418 e. The molecule has 0 unspecified atom stereocenters. The Morgan fingerprint density at radius 3 is 2.28 bits per heavy atom. The quantitative estimate of drug-likeness (QED) is 0.753. The van der Waals surface area contributed by atoms with Gasteiger partial charge in [-0.1, -0.05) is 30.3 Å². The molecule has 0 bridgehead atoms. The molecular weight excluding hydrogens is 239 g/mol. The van der Waals surface area contributed by atoms with Crippen molar-refractivity contribution >= 4 is 5.69 Å². The molecule has 18 heavy (non-hydrogen) atoms. The lowest BCUT2D eigenvalue weighted by Gasteiger charge is -2.13. The number of hydrogen-bond acceptors (Lipinski definition) is 1. The molecular formula is C14H12F3N. The van der Waals surface area contributed by atoms with Crippen LogP contribution < -0.4 is 5.73 Å². The minimum Gasteiger partial charge on any atom is -0.398 e. The average Bonchev–Trinajstić information content (AvgIpc) is 2.29. The molecule has 1 nitrogen and oxygen atoms in total. The molecule has 2 N–H and O–H groups in total. The zero-order chi connectivity index (χ0) is 13.3. The van der Waals surface area contributed by atoms with Gasteiger partial charge in [0.05, 0.1) is 5.56 Å². The topological polar surface area (TPSA) is 26.0 Å². The van der Waals surface area contributed by atoms with Crippen molar-refractivity contribution in [2.75, 3.05) is 5.73 Å². The van der Waals surface area contributed by atoms with Crippen molar-refractivity contribution < 1.29 is 13.2 Å². The van der Waals surface area contributed by atoms with Crippen molar-refractivity contribution in [2.45, 2.75) is 13.1 Å². The molecule has 0 heterocycles. The van der Waals surface area contributed by atoms with Gasteiger partial charge in [0.25, 0.3) is 0 Å². The van der Waals surface area contributed by atoms with E-state index in [1.807, 2.05) is 19.1 Å². The van der Waals surface area contributed by atoms with Crippen molar-refractivity contribution in [3.8, 4) is 11.1 Å². The van der Waals surface area contributed by atoms with Crippen LogP contribution in [-0.2, 0) is 6.18 Å². The molecule has 0 fully saturated rings. The lowest BCUT2D eigenvalue weighted by atomic mass is 9.98. The normalized spacial score (nSPS) is 11.6. The van der Waals surface area contributed by atoms with Crippen molar-refractivity contribution in [1.82, 2.24) is 0 Å². The van der Waals surface area contributed by atoms with E-state index in [0.717, 1.165) is 17.2 Å². The molecule has 0 saturated heterocycles. The SMILES string of the molecule is Cc1ccccc1-c1ccc(N)c(C(F)(F)F)c1. The highest BCUT2D eigenvalue weighted by atomic mass is 19.4. The minimum atomic E-state index is -4.43. The highest BCUT2D eigenvalue weighted by Crippen LogP contribution is 2.36. The maximum atomic E-state index is 12.8. The molecule has 0 saturated carbocycles. The van der Waals surface area contributed by atoms with Crippen LogP contribution in [0.2, 0.25) is 0 Å². The second-order valence-corrected chi connectivity index (χ2v) is 4.11. The number of halogens is 3. The first-order valence-electron chi connectivity index (χ1n) is 5.42. The zero-order valence-electron chi connectivity index (χ0n) is 9.75. The van der Waals surface area contributed by atoms with Gasteiger partial charge in [-0.15, -0.1) is 0 Å². The molecule has 0 spiro atoms. The van der Waals surface area contributed by atoms with E-state index in [4.69, 9.17) is 5.73 Å². The fourth-order valence-corrected chi connectivity index (χ4v) is 1.87. The van der Waals surface area contributed by atoms with Crippen LogP contribution >= 0.6 is 0 Å². The monoisotopic (exact) mass is 251 g/mol. The summed E-state index contributed by atoms with van der Waals surface area (Å²) in [6.07, 6.45) is -4.43. The molecule has 0 amide bonds. The van der Waals surface area contributed by atoms with Crippen LogP contribution in [0, 0.1) is 6.92 Å². The van der Waals surface area contributed by atoms with Crippen molar-refractivity contribution in [3.63, 3.8) is 0 Å². The number of benzene rings is 2. The highest BCUT2D eigenvalue weighted by Gasteiger charge is 2.33. The van der Waals surface area contributed by atoms with Gasteiger partial charge in [-0.25, -0.2) is 0 Å². The van der Waals surface area contributed by atoms with Gasteiger partial charge in [0.2, 0.25) is 0 Å². The summed E-state index contributed by atoms with van der Waals surface area (Å²) >= 11 is 0. The standard InChI is InChI=1S/C14H12F3N/c1-9-4-2-3-5-11(9)10-6-7-13(18)12(8-10)14(15,16)17/h2-8H,18H2,1H3. The summed E-state index contributed by atoms with van der Waals surface area (Å²) in [5, 5.41) is 0. The molecule has 4 heteroatoms. The number of nitrogen functional groups attached to an aromatic ring is 1. The van der Waals surface area contributed by atoms with E-state index in [0.29, 0.717) is 5.56 Å². The summed E-state index contributed by atoms with van der Waals surface area (Å²) in [6.45, 7) is 1.86. The fourth-order valence-electron chi connectivity index (χ4n) is 1.87. The van der Waals surface area contributed by atoms with Crippen molar-refractivity contribution in [1.29, 1.82) is 0 Å². The summed E-state index contributed by atoms with van der Waals surface area (Å²) < 4.78 is 38.3. The smallest absolute Gasteiger partial charge is 0.398 e. The number of rotatable bonds is 1. The summed E-state index contributed by atoms with van der Waals surface area (Å²) in [6, 6.07) is 11.3. The molecule has 94 valence electrons. The van der Waals surface area contributed by atoms with Crippen LogP contribution in [0.4, 0.5) is 18.9 Å². The van der Waals surface area contributed by atoms with Crippen LogP contribution in [0.1, 0.15) is 11.1 Å². The summed E-state index contributed by atoms with van der Waals surface area (Å²) in [5.41, 5.74) is 6.56. The number of alkyl halides is 3. The Hall–Kier alpha value is -1.97.